The number of carbonyl (C=O) groups is 1. The van der Waals surface area contributed by atoms with Gasteiger partial charge in [0, 0.05) is 19.5 Å². The third kappa shape index (κ3) is 4.77. The van der Waals surface area contributed by atoms with Gasteiger partial charge in [0.2, 0.25) is 5.91 Å². The fourth-order valence-corrected chi connectivity index (χ4v) is 3.55. The first kappa shape index (κ1) is 20.1. The van der Waals surface area contributed by atoms with Gasteiger partial charge in [-0.2, -0.15) is 0 Å². The normalized spacial score (nSPS) is 13.0. The van der Waals surface area contributed by atoms with Gasteiger partial charge in [-0.05, 0) is 67.6 Å². The summed E-state index contributed by atoms with van der Waals surface area (Å²) in [4.78, 5) is 14.7. The number of methoxy groups -OCH3 is 1. The van der Waals surface area contributed by atoms with Crippen LogP contribution in [-0.4, -0.2) is 37.7 Å². The summed E-state index contributed by atoms with van der Waals surface area (Å²) in [6.07, 6.45) is 2.05. The van der Waals surface area contributed by atoms with Crippen LogP contribution < -0.4 is 14.2 Å². The second kappa shape index (κ2) is 9.49. The number of benzene rings is 2. The predicted molar refractivity (Wildman–Crippen MR) is 109 cm³/mol. The maximum absolute atomic E-state index is 12.8. The highest BCUT2D eigenvalue weighted by molar-refractivity contribution is 5.77. The molecular weight excluding hydrogens is 354 g/mol. The Morgan fingerprint density at radius 1 is 1.04 bits per heavy atom. The first-order chi connectivity index (χ1) is 13.6. The van der Waals surface area contributed by atoms with Crippen LogP contribution in [0.2, 0.25) is 0 Å². The maximum Gasteiger partial charge on any atom is 0.223 e. The van der Waals surface area contributed by atoms with Crippen molar-refractivity contribution in [2.24, 2.45) is 0 Å². The number of nitrogens with zero attached hydrogens (tertiary/aromatic N) is 1. The molecule has 5 heteroatoms. The quantitative estimate of drug-likeness (QED) is 0.691. The van der Waals surface area contributed by atoms with Crippen LogP contribution in [-0.2, 0) is 24.2 Å². The van der Waals surface area contributed by atoms with E-state index >= 15 is 0 Å². The summed E-state index contributed by atoms with van der Waals surface area (Å²) < 4.78 is 16.7. The van der Waals surface area contributed by atoms with E-state index in [1.165, 1.54) is 5.56 Å². The van der Waals surface area contributed by atoms with E-state index in [4.69, 9.17) is 14.2 Å². The lowest BCUT2D eigenvalue weighted by Crippen LogP contribution is -2.36. The molecule has 0 saturated carbocycles. The van der Waals surface area contributed by atoms with Crippen LogP contribution in [0.1, 0.15) is 37.0 Å². The molecule has 0 radical (unpaired) electrons. The number of hydrogen-bond acceptors (Lipinski definition) is 4. The third-order valence-electron chi connectivity index (χ3n) is 4.99. The Kier molecular flexibility index (Phi) is 6.80. The highest BCUT2D eigenvalue weighted by Gasteiger charge is 2.23. The Morgan fingerprint density at radius 2 is 1.75 bits per heavy atom. The lowest BCUT2D eigenvalue weighted by Gasteiger charge is -2.30. The molecule has 1 amide bonds. The minimum absolute atomic E-state index is 0.181. The average molecular weight is 383 g/mol. The standard InChI is InChI=1S/C23H29NO4/c1-4-27-21-14-18-11-12-24(16-19(18)15-22(21)28-5-2)23(25)10-9-17-7-6-8-20(13-17)26-3/h6-8,13-15H,4-5,9-12,16H2,1-3H3. The van der Waals surface area contributed by atoms with Crippen molar-refractivity contribution in [1.29, 1.82) is 0 Å². The Labute approximate surface area is 167 Å². The second-order valence-corrected chi connectivity index (χ2v) is 6.85. The number of amides is 1. The van der Waals surface area contributed by atoms with Crippen LogP contribution in [0.3, 0.4) is 0 Å². The second-order valence-electron chi connectivity index (χ2n) is 6.85. The van der Waals surface area contributed by atoms with E-state index in [0.29, 0.717) is 32.6 Å². The molecule has 2 aromatic carbocycles. The Hall–Kier alpha value is -2.69. The SMILES string of the molecule is CCOc1cc2c(cc1OCC)CN(C(=O)CCc1cccc(OC)c1)CC2. The number of hydrogen-bond donors (Lipinski definition) is 0. The predicted octanol–water partition coefficient (Wildman–Crippen LogP) is 4.01. The molecular formula is C23H29NO4. The van der Waals surface area contributed by atoms with E-state index < -0.39 is 0 Å². The molecule has 0 N–H and O–H groups in total. The fraction of sp³-hybridized carbons (Fsp3) is 0.435. The number of ether oxygens (including phenoxy) is 3. The first-order valence-electron chi connectivity index (χ1n) is 9.96. The molecule has 0 saturated heterocycles. The van der Waals surface area contributed by atoms with Gasteiger partial charge in [0.1, 0.15) is 5.75 Å². The molecule has 2 aromatic rings. The summed E-state index contributed by atoms with van der Waals surface area (Å²) in [6.45, 7) is 6.49. The van der Waals surface area contributed by atoms with Crippen LogP contribution in [0, 0.1) is 0 Å². The molecule has 1 aliphatic heterocycles. The summed E-state index contributed by atoms with van der Waals surface area (Å²) in [7, 11) is 1.66. The van der Waals surface area contributed by atoms with E-state index in [-0.39, 0.29) is 5.91 Å². The smallest absolute Gasteiger partial charge is 0.223 e. The molecule has 150 valence electrons. The Bertz CT molecular complexity index is 818. The van der Waals surface area contributed by atoms with Gasteiger partial charge in [0.25, 0.3) is 0 Å². The van der Waals surface area contributed by atoms with Crippen LogP contribution in [0.15, 0.2) is 36.4 Å². The van der Waals surface area contributed by atoms with Gasteiger partial charge in [-0.1, -0.05) is 12.1 Å². The van der Waals surface area contributed by atoms with E-state index in [9.17, 15) is 4.79 Å². The number of fused-ring (bicyclic) bond motifs is 1. The minimum atomic E-state index is 0.181. The van der Waals surface area contributed by atoms with Gasteiger partial charge in [-0.25, -0.2) is 0 Å². The van der Waals surface area contributed by atoms with Crippen molar-refractivity contribution in [2.45, 2.75) is 39.7 Å². The monoisotopic (exact) mass is 383 g/mol. The van der Waals surface area contributed by atoms with Crippen molar-refractivity contribution in [3.8, 4) is 17.2 Å². The molecule has 0 spiro atoms. The van der Waals surface area contributed by atoms with Crippen molar-refractivity contribution in [3.63, 3.8) is 0 Å². The highest BCUT2D eigenvalue weighted by atomic mass is 16.5. The fourth-order valence-electron chi connectivity index (χ4n) is 3.55. The van der Waals surface area contributed by atoms with Crippen molar-refractivity contribution in [2.75, 3.05) is 26.9 Å². The van der Waals surface area contributed by atoms with Crippen molar-refractivity contribution in [1.82, 2.24) is 4.90 Å². The summed E-state index contributed by atoms with van der Waals surface area (Å²) >= 11 is 0. The van der Waals surface area contributed by atoms with Gasteiger partial charge in [0.15, 0.2) is 11.5 Å². The van der Waals surface area contributed by atoms with Crippen LogP contribution in [0.5, 0.6) is 17.2 Å². The molecule has 1 heterocycles. The van der Waals surface area contributed by atoms with Crippen molar-refractivity contribution in [3.05, 3.63) is 53.1 Å². The zero-order valence-electron chi connectivity index (χ0n) is 17.0. The summed E-state index contributed by atoms with van der Waals surface area (Å²) in [5.41, 5.74) is 3.50. The van der Waals surface area contributed by atoms with Crippen LogP contribution in [0.25, 0.3) is 0 Å². The topological polar surface area (TPSA) is 48.0 Å². The molecule has 1 aliphatic rings. The number of aryl methyl sites for hydroxylation is 1. The maximum atomic E-state index is 12.8. The Morgan fingerprint density at radius 3 is 2.43 bits per heavy atom. The van der Waals surface area contributed by atoms with Gasteiger partial charge in [-0.15, -0.1) is 0 Å². The average Bonchev–Trinajstić information content (AvgIpc) is 2.72. The lowest BCUT2D eigenvalue weighted by molar-refractivity contribution is -0.132. The van der Waals surface area contributed by atoms with E-state index in [2.05, 4.69) is 6.07 Å². The third-order valence-corrected chi connectivity index (χ3v) is 4.99. The highest BCUT2D eigenvalue weighted by Crippen LogP contribution is 2.34. The zero-order chi connectivity index (χ0) is 19.9. The molecule has 0 bridgehead atoms. The molecule has 0 atom stereocenters. The molecule has 5 nitrogen and oxygen atoms in total. The number of carbonyl (C=O) groups excluding carboxylic acids is 1. The lowest BCUT2D eigenvalue weighted by atomic mass is 9.98. The summed E-state index contributed by atoms with van der Waals surface area (Å²) in [5.74, 6) is 2.56. The van der Waals surface area contributed by atoms with Crippen molar-refractivity contribution < 1.29 is 19.0 Å². The summed E-state index contributed by atoms with van der Waals surface area (Å²) in [5, 5.41) is 0. The van der Waals surface area contributed by atoms with Gasteiger partial charge in [0.05, 0.1) is 20.3 Å². The summed E-state index contributed by atoms with van der Waals surface area (Å²) in [6, 6.07) is 12.0. The van der Waals surface area contributed by atoms with Gasteiger partial charge < -0.3 is 19.1 Å². The minimum Gasteiger partial charge on any atom is -0.497 e. The van der Waals surface area contributed by atoms with Crippen LogP contribution >= 0.6 is 0 Å². The Balaban J connectivity index is 1.66. The molecule has 0 unspecified atom stereocenters. The molecule has 0 aliphatic carbocycles. The molecule has 3 rings (SSSR count). The molecule has 0 aromatic heterocycles. The van der Waals surface area contributed by atoms with E-state index in [0.717, 1.165) is 41.3 Å². The van der Waals surface area contributed by atoms with E-state index in [1.54, 1.807) is 7.11 Å². The largest absolute Gasteiger partial charge is 0.497 e. The molecule has 28 heavy (non-hydrogen) atoms. The van der Waals surface area contributed by atoms with Crippen LogP contribution in [0.4, 0.5) is 0 Å². The number of rotatable bonds is 8. The first-order valence-corrected chi connectivity index (χ1v) is 9.96. The zero-order valence-corrected chi connectivity index (χ0v) is 17.0. The molecule has 0 fully saturated rings. The van der Waals surface area contributed by atoms with E-state index in [1.807, 2.05) is 49.1 Å². The van der Waals surface area contributed by atoms with Gasteiger partial charge >= 0.3 is 0 Å². The van der Waals surface area contributed by atoms with Gasteiger partial charge in [-0.3, -0.25) is 4.79 Å². The van der Waals surface area contributed by atoms with Crippen molar-refractivity contribution >= 4 is 5.91 Å².